The number of nitrogens with one attached hydrogen (secondary N) is 1. The number of piperazine rings is 1. The molecule has 2 aliphatic heterocycles. The predicted molar refractivity (Wildman–Crippen MR) is 141 cm³/mol. The topological polar surface area (TPSA) is 101 Å². The van der Waals surface area contributed by atoms with Gasteiger partial charge in [0.1, 0.15) is 22.7 Å². The van der Waals surface area contributed by atoms with Gasteiger partial charge in [-0.05, 0) is 58.7 Å². The maximum Gasteiger partial charge on any atom is 0.243 e. The molecule has 2 aromatic heterocycles. The minimum Gasteiger partial charge on any atom is -0.491 e. The molecule has 0 bridgehead atoms. The Morgan fingerprint density at radius 2 is 1.78 bits per heavy atom. The number of benzene rings is 1. The number of hydrogen-bond acceptors (Lipinski definition) is 8. The Hall–Kier alpha value is -3.53. The summed E-state index contributed by atoms with van der Waals surface area (Å²) in [5.41, 5.74) is 3.85. The van der Waals surface area contributed by atoms with E-state index >= 15 is 0 Å². The van der Waals surface area contributed by atoms with Gasteiger partial charge in [-0.25, -0.2) is 9.97 Å². The molecule has 0 aliphatic carbocycles. The van der Waals surface area contributed by atoms with Crippen LogP contribution in [0, 0.1) is 13.8 Å². The van der Waals surface area contributed by atoms with Gasteiger partial charge in [-0.2, -0.15) is 15.0 Å². The van der Waals surface area contributed by atoms with E-state index in [0.717, 1.165) is 59.7 Å². The molecule has 2 aliphatic rings. The first-order valence-corrected chi connectivity index (χ1v) is 13.0. The number of aromatic nitrogens is 5. The van der Waals surface area contributed by atoms with Crippen LogP contribution in [0.15, 0.2) is 30.3 Å². The van der Waals surface area contributed by atoms with Gasteiger partial charge in [-0.15, -0.1) is 0 Å². The first-order chi connectivity index (χ1) is 17.7. The van der Waals surface area contributed by atoms with Gasteiger partial charge in [0.05, 0.1) is 12.6 Å². The molecular weight excluding hydrogens is 468 g/mol. The lowest BCUT2D eigenvalue weighted by molar-refractivity contribution is -0.143. The van der Waals surface area contributed by atoms with Gasteiger partial charge in [0.15, 0.2) is 0 Å². The summed E-state index contributed by atoms with van der Waals surface area (Å²) in [4.78, 5) is 28.8. The van der Waals surface area contributed by atoms with Gasteiger partial charge in [0.25, 0.3) is 0 Å². The van der Waals surface area contributed by atoms with Crippen molar-refractivity contribution in [2.45, 2.75) is 58.7 Å². The standard InChI is InChI=1S/C27H36N8O2/c1-18(2)37-22-8-6-7-21(16-22)24-23(31-33(5)32-24)17-35-14-11-28-27(25(35)36)9-12-34(13-10-27)26-29-19(3)15-20(4)30-26/h6-8,15-16,18,28H,9-14,17H2,1-5H3. The first kappa shape index (κ1) is 25.1. The number of nitrogens with zero attached hydrogens (tertiary/aromatic N) is 7. The summed E-state index contributed by atoms with van der Waals surface area (Å²) in [7, 11) is 1.81. The Kier molecular flexibility index (Phi) is 6.85. The smallest absolute Gasteiger partial charge is 0.243 e. The fourth-order valence-electron chi connectivity index (χ4n) is 5.34. The van der Waals surface area contributed by atoms with Crippen molar-refractivity contribution in [3.05, 3.63) is 47.4 Å². The summed E-state index contributed by atoms with van der Waals surface area (Å²) in [5, 5.41) is 12.8. The number of rotatable bonds is 6. The molecule has 0 saturated carbocycles. The molecule has 0 atom stereocenters. The minimum atomic E-state index is -0.568. The van der Waals surface area contributed by atoms with Crippen molar-refractivity contribution < 1.29 is 9.53 Å². The number of anilines is 1. The fraction of sp³-hybridized carbons (Fsp3) is 0.519. The van der Waals surface area contributed by atoms with Crippen LogP contribution < -0.4 is 15.0 Å². The van der Waals surface area contributed by atoms with E-state index in [-0.39, 0.29) is 12.0 Å². The number of aryl methyl sites for hydroxylation is 3. The second-order valence-electron chi connectivity index (χ2n) is 10.4. The van der Waals surface area contributed by atoms with Gasteiger partial charge < -0.3 is 19.9 Å². The molecule has 10 nitrogen and oxygen atoms in total. The molecule has 3 aromatic rings. The molecule has 1 spiro atoms. The minimum absolute atomic E-state index is 0.0826. The molecule has 2 fully saturated rings. The van der Waals surface area contributed by atoms with Crippen molar-refractivity contribution in [1.82, 2.24) is 35.2 Å². The quantitative estimate of drug-likeness (QED) is 0.547. The molecule has 5 rings (SSSR count). The van der Waals surface area contributed by atoms with Crippen LogP contribution in [0.3, 0.4) is 0 Å². The molecular formula is C27H36N8O2. The summed E-state index contributed by atoms with van der Waals surface area (Å²) in [5.74, 6) is 1.68. The van der Waals surface area contributed by atoms with Crippen LogP contribution in [0.1, 0.15) is 43.8 Å². The SMILES string of the molecule is Cc1cc(C)nc(N2CCC3(CC2)NCCN(Cc2nn(C)nc2-c2cccc(OC(C)C)c2)C3=O)n1. The molecule has 4 heterocycles. The molecule has 196 valence electrons. The summed E-state index contributed by atoms with van der Waals surface area (Å²) in [6.45, 7) is 11.3. The highest BCUT2D eigenvalue weighted by atomic mass is 16.5. The zero-order chi connectivity index (χ0) is 26.2. The summed E-state index contributed by atoms with van der Waals surface area (Å²) >= 11 is 0. The lowest BCUT2D eigenvalue weighted by Gasteiger charge is -2.46. The molecule has 0 unspecified atom stereocenters. The zero-order valence-electron chi connectivity index (χ0n) is 22.4. The zero-order valence-corrected chi connectivity index (χ0v) is 22.4. The maximum absolute atomic E-state index is 13.8. The first-order valence-electron chi connectivity index (χ1n) is 13.0. The molecule has 1 aromatic carbocycles. The van der Waals surface area contributed by atoms with Gasteiger partial charge >= 0.3 is 0 Å². The molecule has 10 heteroatoms. The Bertz CT molecular complexity index is 1260. The summed E-state index contributed by atoms with van der Waals surface area (Å²) in [6, 6.07) is 9.88. The van der Waals surface area contributed by atoms with Crippen LogP contribution >= 0.6 is 0 Å². The third-order valence-corrected chi connectivity index (χ3v) is 7.02. The Labute approximate surface area is 218 Å². The second kappa shape index (κ2) is 10.1. The van der Waals surface area contributed by atoms with Gasteiger partial charge in [-0.3, -0.25) is 4.79 Å². The van der Waals surface area contributed by atoms with E-state index in [1.807, 2.05) is 70.0 Å². The van der Waals surface area contributed by atoms with Crippen molar-refractivity contribution in [3.8, 4) is 17.0 Å². The van der Waals surface area contributed by atoms with E-state index in [9.17, 15) is 4.79 Å². The fourth-order valence-corrected chi connectivity index (χ4v) is 5.34. The Balaban J connectivity index is 1.32. The number of amides is 1. The van der Waals surface area contributed by atoms with Crippen molar-refractivity contribution >= 4 is 11.9 Å². The van der Waals surface area contributed by atoms with Gasteiger partial charge in [0.2, 0.25) is 11.9 Å². The van der Waals surface area contributed by atoms with Crippen LogP contribution in [-0.4, -0.2) is 73.6 Å². The summed E-state index contributed by atoms with van der Waals surface area (Å²) < 4.78 is 5.88. The number of ether oxygens (including phenoxy) is 1. The largest absolute Gasteiger partial charge is 0.491 e. The average molecular weight is 505 g/mol. The Morgan fingerprint density at radius 1 is 1.05 bits per heavy atom. The van der Waals surface area contributed by atoms with E-state index in [1.165, 1.54) is 0 Å². The molecule has 37 heavy (non-hydrogen) atoms. The van der Waals surface area contributed by atoms with E-state index in [4.69, 9.17) is 4.74 Å². The predicted octanol–water partition coefficient (Wildman–Crippen LogP) is 2.65. The highest BCUT2D eigenvalue weighted by molar-refractivity contribution is 5.87. The van der Waals surface area contributed by atoms with Crippen molar-refractivity contribution in [2.75, 3.05) is 31.1 Å². The van der Waals surface area contributed by atoms with E-state index < -0.39 is 5.54 Å². The molecule has 1 N–H and O–H groups in total. The van der Waals surface area contributed by atoms with Crippen LogP contribution in [0.2, 0.25) is 0 Å². The summed E-state index contributed by atoms with van der Waals surface area (Å²) in [6.07, 6.45) is 1.50. The third kappa shape index (κ3) is 5.29. The van der Waals surface area contributed by atoms with E-state index in [0.29, 0.717) is 25.9 Å². The van der Waals surface area contributed by atoms with E-state index in [2.05, 4.69) is 30.4 Å². The number of hydrogen-bond donors (Lipinski definition) is 1. The lowest BCUT2D eigenvalue weighted by Crippen LogP contribution is -2.67. The van der Waals surface area contributed by atoms with Crippen LogP contribution in [0.4, 0.5) is 5.95 Å². The monoisotopic (exact) mass is 504 g/mol. The highest BCUT2D eigenvalue weighted by Gasteiger charge is 2.46. The van der Waals surface area contributed by atoms with Crippen LogP contribution in [0.25, 0.3) is 11.3 Å². The molecule has 2 saturated heterocycles. The van der Waals surface area contributed by atoms with Crippen molar-refractivity contribution in [1.29, 1.82) is 0 Å². The van der Waals surface area contributed by atoms with Gasteiger partial charge in [-0.1, -0.05) is 12.1 Å². The second-order valence-corrected chi connectivity index (χ2v) is 10.4. The number of piperidine rings is 1. The van der Waals surface area contributed by atoms with Gasteiger partial charge in [0, 0.05) is 50.2 Å². The molecule has 0 radical (unpaired) electrons. The molecule has 1 amide bonds. The van der Waals surface area contributed by atoms with E-state index in [1.54, 1.807) is 4.80 Å². The lowest BCUT2D eigenvalue weighted by atomic mass is 9.84. The van der Waals surface area contributed by atoms with Crippen molar-refractivity contribution in [2.24, 2.45) is 7.05 Å². The van der Waals surface area contributed by atoms with Crippen molar-refractivity contribution in [3.63, 3.8) is 0 Å². The Morgan fingerprint density at radius 3 is 2.49 bits per heavy atom. The van der Waals surface area contributed by atoms with Crippen LogP contribution in [0.5, 0.6) is 5.75 Å². The number of carbonyl (C=O) groups excluding carboxylic acids is 1. The average Bonchev–Trinajstić information content (AvgIpc) is 3.22. The number of carbonyl (C=O) groups is 1. The highest BCUT2D eigenvalue weighted by Crippen LogP contribution is 2.31. The maximum atomic E-state index is 13.8. The van der Waals surface area contributed by atoms with Crippen LogP contribution in [-0.2, 0) is 18.4 Å². The normalized spacial score (nSPS) is 17.6. The third-order valence-electron chi connectivity index (χ3n) is 7.02.